The number of alkyl halides is 6. The van der Waals surface area contributed by atoms with Crippen molar-refractivity contribution in [3.63, 3.8) is 0 Å². The van der Waals surface area contributed by atoms with Gasteiger partial charge in [-0.25, -0.2) is 0 Å². The monoisotopic (exact) mass is 774 g/mol. The first kappa shape index (κ1) is 45.1. The third-order valence-electron chi connectivity index (χ3n) is 5.13. The summed E-state index contributed by atoms with van der Waals surface area (Å²) in [7, 11) is 2.19. The molecule has 20 heteroatoms. The molecule has 0 radical (unpaired) electrons. The molecule has 0 aliphatic rings. The van der Waals surface area contributed by atoms with Crippen molar-refractivity contribution in [3.8, 4) is 5.75 Å². The number of rotatable bonds is 7. The summed E-state index contributed by atoms with van der Waals surface area (Å²) in [6, 6.07) is 3.21. The zero-order chi connectivity index (χ0) is 33.9. The fourth-order valence-electron chi connectivity index (χ4n) is 3.13. The number of thioether (sulfide) groups is 2. The smallest absolute Gasteiger partial charge is 0.857 e. The second-order valence-corrected chi connectivity index (χ2v) is 11.4. The van der Waals surface area contributed by atoms with Crippen LogP contribution in [0.25, 0.3) is 0 Å². The fourth-order valence-corrected chi connectivity index (χ4v) is 6.06. The molecule has 2 N–H and O–H groups in total. The Balaban J connectivity index is 0.000000823. The van der Waals surface area contributed by atoms with E-state index in [2.05, 4.69) is 19.9 Å². The largest absolute Gasteiger partial charge is 1.00 e. The summed E-state index contributed by atoms with van der Waals surface area (Å²) in [6.45, 7) is 0. The zero-order valence-corrected chi connectivity index (χ0v) is 29.7. The average Bonchev–Trinajstić information content (AvgIpc) is 2.96. The summed E-state index contributed by atoms with van der Waals surface area (Å²) >= 11 is 19.8. The van der Waals surface area contributed by atoms with Crippen LogP contribution < -0.4 is 50.3 Å². The van der Waals surface area contributed by atoms with E-state index in [4.69, 9.17) is 44.6 Å². The van der Waals surface area contributed by atoms with E-state index in [0.717, 1.165) is 42.8 Å². The van der Waals surface area contributed by atoms with E-state index < -0.39 is 34.6 Å². The van der Waals surface area contributed by atoms with Gasteiger partial charge in [0.15, 0.2) is 10.9 Å². The van der Waals surface area contributed by atoms with E-state index >= 15 is 0 Å². The van der Waals surface area contributed by atoms with E-state index in [0.29, 0.717) is 44.1 Å². The van der Waals surface area contributed by atoms with Crippen molar-refractivity contribution >= 4 is 58.3 Å². The van der Waals surface area contributed by atoms with Gasteiger partial charge in [0.2, 0.25) is 0 Å². The van der Waals surface area contributed by atoms with Crippen LogP contribution in [-0.4, -0.2) is 34.2 Å². The van der Waals surface area contributed by atoms with Gasteiger partial charge in [-0.1, -0.05) is 42.2 Å². The summed E-state index contributed by atoms with van der Waals surface area (Å²) in [4.78, 5) is 34.7. The number of halogens is 9. The number of hydrogen-bond acceptors (Lipinski definition) is 8. The molecule has 0 aliphatic heterocycles. The Morgan fingerprint density at radius 3 is 1.47 bits per heavy atom. The molecular formula is C27H24Cl3F6N4NaO4S2. The molecule has 4 aromatic heterocycles. The van der Waals surface area contributed by atoms with Crippen LogP contribution in [0.2, 0.25) is 15.1 Å². The molecule has 0 bridgehead atoms. The van der Waals surface area contributed by atoms with Crippen molar-refractivity contribution in [2.24, 2.45) is 0 Å². The van der Waals surface area contributed by atoms with Crippen LogP contribution in [0.3, 0.4) is 0 Å². The maximum atomic E-state index is 12.7. The second-order valence-electron chi connectivity index (χ2n) is 8.14. The molecular weight excluding hydrogens is 752 g/mol. The molecule has 47 heavy (non-hydrogen) atoms. The predicted molar refractivity (Wildman–Crippen MR) is 166 cm³/mol. The van der Waals surface area contributed by atoms with Crippen LogP contribution in [0.4, 0.5) is 26.3 Å². The Morgan fingerprint density at radius 2 is 1.09 bits per heavy atom. The molecule has 0 amide bonds. The molecule has 0 aromatic carbocycles. The first-order valence-electron chi connectivity index (χ1n) is 11.8. The summed E-state index contributed by atoms with van der Waals surface area (Å²) in [5.74, 6) is 0.855. The Labute approximate surface area is 310 Å². The number of methoxy groups -OCH3 is 1. The number of H-pyrrole nitrogens is 2. The van der Waals surface area contributed by atoms with Crippen molar-refractivity contribution in [1.82, 2.24) is 19.9 Å². The van der Waals surface area contributed by atoms with Gasteiger partial charge in [0.25, 0.3) is 0 Å². The summed E-state index contributed by atoms with van der Waals surface area (Å²) in [6.07, 6.45) is -3.58. The molecule has 0 unspecified atom stereocenters. The van der Waals surface area contributed by atoms with Crippen molar-refractivity contribution < 1.29 is 65.7 Å². The van der Waals surface area contributed by atoms with Gasteiger partial charge in [-0.2, -0.15) is 33.5 Å². The van der Waals surface area contributed by atoms with Gasteiger partial charge in [-0.05, 0) is 0 Å². The van der Waals surface area contributed by atoms with Gasteiger partial charge < -0.3 is 19.8 Å². The maximum Gasteiger partial charge on any atom is 1.00 e. The normalized spacial score (nSPS) is 10.7. The Hall–Kier alpha value is -1.89. The van der Waals surface area contributed by atoms with Gasteiger partial charge in [-0.3, -0.25) is 19.6 Å². The number of nitrogens with one attached hydrogen (secondary N) is 2. The predicted octanol–water partition coefficient (Wildman–Crippen LogP) is 4.75. The molecule has 0 spiro atoms. The maximum absolute atomic E-state index is 12.7. The fraction of sp³-hybridized carbons (Fsp3) is 0.259. The number of ether oxygens (including phenoxy) is 1. The third kappa shape index (κ3) is 14.2. The van der Waals surface area contributed by atoms with Crippen molar-refractivity contribution in [2.75, 3.05) is 14.2 Å². The number of hydrogen-bond donors (Lipinski definition) is 2. The van der Waals surface area contributed by atoms with E-state index in [1.165, 1.54) is 31.9 Å². The van der Waals surface area contributed by atoms with Crippen molar-refractivity contribution in [1.29, 1.82) is 0 Å². The molecule has 4 rings (SSSR count). The Morgan fingerprint density at radius 1 is 0.723 bits per heavy atom. The topological polar surface area (TPSA) is 124 Å². The number of nitrogens with zero attached hydrogens (tertiary/aromatic N) is 2. The molecule has 0 atom stereocenters. The standard InChI is InChI=1S/C13H10ClF3N2O2S.C12H7Cl2F3N2OS.CH3O.CH4.Na/c1-21-10-5-18-4-9(14)8(10)6-22-12-3-7(20)2-11(19-12)13(15,16)17;13-8-3-18-4-9(14)7(8)5-21-11-2-6(20)1-10(19-11)12(15,16)17;1-2;;/h2-5H,6H2,1H3,(H,19,20);1-4H,5H2,(H,19,20);1H3;1H4;/q;;-1;;+1. The van der Waals surface area contributed by atoms with E-state index in [9.17, 15) is 35.9 Å². The number of pyridine rings is 4. The summed E-state index contributed by atoms with van der Waals surface area (Å²) in [5.41, 5.74) is -2.50. The van der Waals surface area contributed by atoms with E-state index in [1.807, 2.05) is 0 Å². The van der Waals surface area contributed by atoms with Crippen LogP contribution in [0.1, 0.15) is 29.9 Å². The van der Waals surface area contributed by atoms with Crippen LogP contribution in [0.5, 0.6) is 5.75 Å². The van der Waals surface area contributed by atoms with Gasteiger partial charge in [0.05, 0.1) is 38.4 Å². The molecule has 8 nitrogen and oxygen atoms in total. The van der Waals surface area contributed by atoms with E-state index in [-0.39, 0.29) is 58.5 Å². The van der Waals surface area contributed by atoms with Gasteiger partial charge >= 0.3 is 41.9 Å². The quantitative estimate of drug-likeness (QED) is 0.157. The molecule has 4 heterocycles. The molecule has 252 valence electrons. The van der Waals surface area contributed by atoms with Crippen LogP contribution in [0.15, 0.2) is 68.7 Å². The zero-order valence-electron chi connectivity index (χ0n) is 23.8. The van der Waals surface area contributed by atoms with Gasteiger partial charge in [-0.15, -0.1) is 23.5 Å². The molecule has 0 aliphatic carbocycles. The second kappa shape index (κ2) is 20.6. The van der Waals surface area contributed by atoms with Gasteiger partial charge in [0.1, 0.15) is 17.1 Å². The van der Waals surface area contributed by atoms with E-state index in [1.54, 1.807) is 0 Å². The number of aromatic amines is 2. The molecule has 0 fully saturated rings. The molecule has 0 saturated carbocycles. The Bertz CT molecular complexity index is 1690. The average molecular weight is 776 g/mol. The van der Waals surface area contributed by atoms with Gasteiger partial charge in [0, 0.05) is 65.5 Å². The minimum absolute atomic E-state index is 0. The number of aromatic nitrogens is 4. The third-order valence-corrected chi connectivity index (χ3v) is 8.03. The minimum Gasteiger partial charge on any atom is -0.857 e. The summed E-state index contributed by atoms with van der Waals surface area (Å²) < 4.78 is 80.9. The molecule has 4 aromatic rings. The van der Waals surface area contributed by atoms with Crippen molar-refractivity contribution in [2.45, 2.75) is 41.3 Å². The van der Waals surface area contributed by atoms with Crippen molar-refractivity contribution in [3.05, 3.63) is 107 Å². The Kier molecular flexibility index (Phi) is 19.8. The van der Waals surface area contributed by atoms with Crippen LogP contribution in [-0.2, 0) is 23.9 Å². The van der Waals surface area contributed by atoms with Crippen LogP contribution in [0, 0.1) is 0 Å². The first-order chi connectivity index (χ1) is 21.1. The minimum atomic E-state index is -4.61. The SMILES string of the molecule is C.COc1cncc(Cl)c1CSc1cc(=O)cc(C(F)(F)F)[nH]1.C[O-].O=c1cc(SCc2c(Cl)cncc2Cl)[nH]c(C(F)(F)F)c1.[Na+]. The first-order valence-corrected chi connectivity index (χ1v) is 14.9. The van der Waals surface area contributed by atoms with Crippen LogP contribution >= 0.6 is 58.3 Å². The summed E-state index contributed by atoms with van der Waals surface area (Å²) in [5, 5.41) is 9.38. The molecule has 0 saturated heterocycles.